The van der Waals surface area contributed by atoms with Gasteiger partial charge in [-0.05, 0) is 39.3 Å². The van der Waals surface area contributed by atoms with Crippen molar-refractivity contribution in [1.29, 1.82) is 0 Å². The summed E-state index contributed by atoms with van der Waals surface area (Å²) in [4.78, 5) is 13.7. The predicted molar refractivity (Wildman–Crippen MR) is 82.9 cm³/mol. The van der Waals surface area contributed by atoms with Crippen molar-refractivity contribution >= 4 is 17.7 Å². The van der Waals surface area contributed by atoms with Gasteiger partial charge in [0.25, 0.3) is 0 Å². The smallest absolute Gasteiger partial charge is 0.410 e. The maximum atomic E-state index is 12.0. The molecule has 5 heteroatoms. The molecule has 4 nitrogen and oxygen atoms in total. The van der Waals surface area contributed by atoms with Crippen LogP contribution in [0.25, 0.3) is 0 Å². The molecule has 1 aliphatic rings. The second kappa shape index (κ2) is 6.56. The Hall–Kier alpha value is -1.42. The van der Waals surface area contributed by atoms with Crippen molar-refractivity contribution in [3.63, 3.8) is 0 Å². The summed E-state index contributed by atoms with van der Waals surface area (Å²) >= 11 is 6.05. The van der Waals surface area contributed by atoms with E-state index < -0.39 is 5.60 Å². The summed E-state index contributed by atoms with van der Waals surface area (Å²) < 4.78 is 11.1. The Morgan fingerprint density at radius 1 is 1.38 bits per heavy atom. The first kappa shape index (κ1) is 16.0. The van der Waals surface area contributed by atoms with E-state index in [4.69, 9.17) is 21.1 Å². The van der Waals surface area contributed by atoms with E-state index >= 15 is 0 Å². The Labute approximate surface area is 131 Å². The summed E-state index contributed by atoms with van der Waals surface area (Å²) in [6.07, 6.45) is 0.673. The van der Waals surface area contributed by atoms with Gasteiger partial charge in [-0.3, -0.25) is 0 Å². The highest BCUT2D eigenvalue weighted by Crippen LogP contribution is 2.25. The van der Waals surface area contributed by atoms with Gasteiger partial charge in [0.1, 0.15) is 11.4 Å². The van der Waals surface area contributed by atoms with Crippen LogP contribution in [-0.2, 0) is 4.74 Å². The maximum absolute atomic E-state index is 12.0. The molecule has 1 aromatic carbocycles. The lowest BCUT2D eigenvalue weighted by atomic mass is 10.1. The van der Waals surface area contributed by atoms with Crippen molar-refractivity contribution in [2.24, 2.45) is 5.92 Å². The molecule has 1 atom stereocenters. The number of benzene rings is 1. The molecule has 0 unspecified atom stereocenters. The second-order valence-corrected chi connectivity index (χ2v) is 6.73. The zero-order chi connectivity index (χ0) is 15.5. The van der Waals surface area contributed by atoms with Crippen LogP contribution in [0, 0.1) is 5.92 Å². The van der Waals surface area contributed by atoms with Gasteiger partial charge in [0, 0.05) is 19.0 Å². The number of ether oxygens (including phenoxy) is 2. The largest absolute Gasteiger partial charge is 0.492 e. The Bertz CT molecular complexity index is 499. The van der Waals surface area contributed by atoms with Crippen molar-refractivity contribution in [3.05, 3.63) is 29.3 Å². The highest BCUT2D eigenvalue weighted by atomic mass is 35.5. The summed E-state index contributed by atoms with van der Waals surface area (Å²) in [5.74, 6) is 1.00. The summed E-state index contributed by atoms with van der Waals surface area (Å²) in [7, 11) is 0. The second-order valence-electron chi connectivity index (χ2n) is 6.32. The lowest BCUT2D eigenvalue weighted by Crippen LogP contribution is -2.35. The molecule has 0 saturated carbocycles. The molecule has 1 heterocycles. The van der Waals surface area contributed by atoms with E-state index in [2.05, 4.69) is 0 Å². The minimum Gasteiger partial charge on any atom is -0.492 e. The Kier molecular flexibility index (Phi) is 4.99. The molecule has 1 aliphatic heterocycles. The first-order valence-corrected chi connectivity index (χ1v) is 7.58. The first-order chi connectivity index (χ1) is 9.85. The van der Waals surface area contributed by atoms with Crippen molar-refractivity contribution in [3.8, 4) is 5.75 Å². The summed E-state index contributed by atoms with van der Waals surface area (Å²) in [6.45, 7) is 7.56. The van der Waals surface area contributed by atoms with Crippen LogP contribution < -0.4 is 4.74 Å². The van der Waals surface area contributed by atoms with Crippen molar-refractivity contribution in [2.45, 2.75) is 32.8 Å². The Morgan fingerprint density at radius 2 is 2.10 bits per heavy atom. The minimum atomic E-state index is -0.455. The third kappa shape index (κ3) is 4.81. The molecule has 1 amide bonds. The van der Waals surface area contributed by atoms with Crippen molar-refractivity contribution in [1.82, 2.24) is 4.90 Å². The fourth-order valence-electron chi connectivity index (χ4n) is 2.23. The topological polar surface area (TPSA) is 38.8 Å². The third-order valence-corrected chi connectivity index (χ3v) is 3.56. The molecule has 1 fully saturated rings. The van der Waals surface area contributed by atoms with Crippen LogP contribution in [0.1, 0.15) is 27.2 Å². The molecular formula is C16H22ClNO3. The Morgan fingerprint density at radius 3 is 2.76 bits per heavy atom. The van der Waals surface area contributed by atoms with Crippen LogP contribution in [0.5, 0.6) is 5.75 Å². The van der Waals surface area contributed by atoms with E-state index in [-0.39, 0.29) is 6.09 Å². The number of amides is 1. The highest BCUT2D eigenvalue weighted by molar-refractivity contribution is 6.32. The lowest BCUT2D eigenvalue weighted by Gasteiger charge is -2.24. The molecule has 0 radical (unpaired) electrons. The van der Waals surface area contributed by atoms with E-state index in [0.29, 0.717) is 36.4 Å². The SMILES string of the molecule is CC(C)(C)OC(=O)N1CC[C@@H](COc2ccccc2Cl)C1. The zero-order valence-corrected chi connectivity index (χ0v) is 13.5. The molecule has 0 bridgehead atoms. The van der Waals surface area contributed by atoms with Crippen LogP contribution >= 0.6 is 11.6 Å². The summed E-state index contributed by atoms with van der Waals surface area (Å²) in [5.41, 5.74) is -0.455. The van der Waals surface area contributed by atoms with Crippen LogP contribution in [0.4, 0.5) is 4.79 Å². The quantitative estimate of drug-likeness (QED) is 0.847. The fourth-order valence-corrected chi connectivity index (χ4v) is 2.42. The molecule has 0 aromatic heterocycles. The van der Waals surface area contributed by atoms with Gasteiger partial charge in [-0.1, -0.05) is 23.7 Å². The first-order valence-electron chi connectivity index (χ1n) is 7.20. The van der Waals surface area contributed by atoms with Crippen LogP contribution in [0.15, 0.2) is 24.3 Å². The van der Waals surface area contributed by atoms with Crippen molar-refractivity contribution < 1.29 is 14.3 Å². The van der Waals surface area contributed by atoms with Gasteiger partial charge in [-0.15, -0.1) is 0 Å². The summed E-state index contributed by atoms with van der Waals surface area (Å²) in [5, 5.41) is 0.611. The number of hydrogen-bond acceptors (Lipinski definition) is 3. The molecule has 1 aromatic rings. The number of likely N-dealkylation sites (tertiary alicyclic amines) is 1. The van der Waals surface area contributed by atoms with E-state index in [1.54, 1.807) is 11.0 Å². The number of nitrogens with zero attached hydrogens (tertiary/aromatic N) is 1. The van der Waals surface area contributed by atoms with Gasteiger partial charge >= 0.3 is 6.09 Å². The molecule has 2 rings (SSSR count). The number of para-hydroxylation sites is 1. The molecule has 0 spiro atoms. The number of rotatable bonds is 3. The van der Waals surface area contributed by atoms with Crippen molar-refractivity contribution in [2.75, 3.05) is 19.7 Å². The molecule has 1 saturated heterocycles. The van der Waals surface area contributed by atoms with Gasteiger partial charge in [0.05, 0.1) is 11.6 Å². The third-order valence-electron chi connectivity index (χ3n) is 3.25. The van der Waals surface area contributed by atoms with E-state index in [0.717, 1.165) is 6.42 Å². The minimum absolute atomic E-state index is 0.247. The predicted octanol–water partition coefficient (Wildman–Crippen LogP) is 3.98. The molecular weight excluding hydrogens is 290 g/mol. The fraction of sp³-hybridized carbons (Fsp3) is 0.562. The Balaban J connectivity index is 1.80. The maximum Gasteiger partial charge on any atom is 0.410 e. The average molecular weight is 312 g/mol. The average Bonchev–Trinajstić information content (AvgIpc) is 2.85. The molecule has 0 N–H and O–H groups in total. The van der Waals surface area contributed by atoms with Gasteiger partial charge in [0.2, 0.25) is 0 Å². The van der Waals surface area contributed by atoms with Gasteiger partial charge in [-0.2, -0.15) is 0 Å². The van der Waals surface area contributed by atoms with Gasteiger partial charge in [0.15, 0.2) is 0 Å². The number of halogens is 1. The number of carbonyl (C=O) groups is 1. The lowest BCUT2D eigenvalue weighted by molar-refractivity contribution is 0.0285. The monoisotopic (exact) mass is 311 g/mol. The zero-order valence-electron chi connectivity index (χ0n) is 12.8. The summed E-state index contributed by atoms with van der Waals surface area (Å²) in [6, 6.07) is 7.42. The normalized spacial score (nSPS) is 18.7. The van der Waals surface area contributed by atoms with E-state index in [1.165, 1.54) is 0 Å². The molecule has 116 valence electrons. The molecule has 21 heavy (non-hydrogen) atoms. The number of hydrogen-bond donors (Lipinski definition) is 0. The van der Waals surface area contributed by atoms with Crippen LogP contribution in [0.3, 0.4) is 0 Å². The van der Waals surface area contributed by atoms with Gasteiger partial charge < -0.3 is 14.4 Å². The number of carbonyl (C=O) groups excluding carboxylic acids is 1. The van der Waals surface area contributed by atoms with E-state index in [1.807, 2.05) is 39.0 Å². The van der Waals surface area contributed by atoms with Crippen LogP contribution in [0.2, 0.25) is 5.02 Å². The standard InChI is InChI=1S/C16H22ClNO3/c1-16(2,3)21-15(19)18-9-8-12(10-18)11-20-14-7-5-4-6-13(14)17/h4-7,12H,8-11H2,1-3H3/t12-/m1/s1. The highest BCUT2D eigenvalue weighted by Gasteiger charge is 2.30. The van der Waals surface area contributed by atoms with Gasteiger partial charge in [-0.25, -0.2) is 4.79 Å². The van der Waals surface area contributed by atoms with Crippen LogP contribution in [-0.4, -0.2) is 36.3 Å². The molecule has 0 aliphatic carbocycles. The van der Waals surface area contributed by atoms with E-state index in [9.17, 15) is 4.79 Å².